The first-order valence-electron chi connectivity index (χ1n) is 6.96. The van der Waals surface area contributed by atoms with Crippen molar-refractivity contribution >= 4 is 23.4 Å². The Balaban J connectivity index is 2.58. The first kappa shape index (κ1) is 17.3. The standard InChI is InChI=1S/C15H23NO5/c1-14(2,3)21-13(20)16-8-11(19)12-9(17)6-15(4,5)7-10(12)18/h12H,6-8H2,1-5H3,(H,16,20). The van der Waals surface area contributed by atoms with Crippen molar-refractivity contribution in [3.8, 4) is 0 Å². The van der Waals surface area contributed by atoms with E-state index in [1.165, 1.54) is 0 Å². The van der Waals surface area contributed by atoms with E-state index in [-0.39, 0.29) is 31.0 Å². The molecule has 21 heavy (non-hydrogen) atoms. The Morgan fingerprint density at radius 1 is 1.19 bits per heavy atom. The Morgan fingerprint density at radius 3 is 2.10 bits per heavy atom. The van der Waals surface area contributed by atoms with E-state index in [9.17, 15) is 19.2 Å². The highest BCUT2D eigenvalue weighted by Gasteiger charge is 2.43. The second-order valence-electron chi connectivity index (χ2n) is 7.21. The molecule has 1 amide bonds. The van der Waals surface area contributed by atoms with E-state index in [0.29, 0.717) is 0 Å². The minimum atomic E-state index is -1.24. The van der Waals surface area contributed by atoms with E-state index in [1.807, 2.05) is 13.8 Å². The van der Waals surface area contributed by atoms with Crippen LogP contribution in [0.3, 0.4) is 0 Å². The monoisotopic (exact) mass is 297 g/mol. The topological polar surface area (TPSA) is 89.5 Å². The minimum absolute atomic E-state index is 0.196. The third-order valence-electron chi connectivity index (χ3n) is 3.08. The van der Waals surface area contributed by atoms with E-state index in [1.54, 1.807) is 20.8 Å². The van der Waals surface area contributed by atoms with E-state index >= 15 is 0 Å². The van der Waals surface area contributed by atoms with E-state index in [2.05, 4.69) is 5.32 Å². The Kier molecular flexibility index (Phi) is 4.91. The molecule has 0 spiro atoms. The molecule has 0 aromatic carbocycles. The Morgan fingerprint density at radius 2 is 1.67 bits per heavy atom. The largest absolute Gasteiger partial charge is 0.444 e. The fraction of sp³-hybridized carbons (Fsp3) is 0.733. The molecule has 1 aliphatic carbocycles. The molecule has 1 aliphatic rings. The predicted molar refractivity (Wildman–Crippen MR) is 75.8 cm³/mol. The van der Waals surface area contributed by atoms with Crippen molar-refractivity contribution in [2.75, 3.05) is 6.54 Å². The summed E-state index contributed by atoms with van der Waals surface area (Å²) in [5.41, 5.74) is -1.07. The highest BCUT2D eigenvalue weighted by Crippen LogP contribution is 2.34. The van der Waals surface area contributed by atoms with Gasteiger partial charge in [-0.25, -0.2) is 4.79 Å². The van der Waals surface area contributed by atoms with Crippen molar-refractivity contribution < 1.29 is 23.9 Å². The molecular formula is C15H23NO5. The zero-order valence-electron chi connectivity index (χ0n) is 13.2. The normalized spacial score (nSPS) is 19.3. The van der Waals surface area contributed by atoms with Crippen molar-refractivity contribution in [3.63, 3.8) is 0 Å². The molecule has 0 bridgehead atoms. The first-order chi connectivity index (χ1) is 9.41. The number of nitrogens with one attached hydrogen (secondary N) is 1. The average molecular weight is 297 g/mol. The molecule has 0 atom stereocenters. The van der Waals surface area contributed by atoms with E-state index in [0.717, 1.165) is 0 Å². The first-order valence-corrected chi connectivity index (χ1v) is 6.96. The number of hydrogen-bond acceptors (Lipinski definition) is 5. The number of carbonyl (C=O) groups excluding carboxylic acids is 4. The number of amides is 1. The molecule has 118 valence electrons. The quantitative estimate of drug-likeness (QED) is 0.800. The van der Waals surface area contributed by atoms with Gasteiger partial charge in [0.1, 0.15) is 11.5 Å². The van der Waals surface area contributed by atoms with Gasteiger partial charge in [-0.05, 0) is 26.2 Å². The summed E-state index contributed by atoms with van der Waals surface area (Å²) in [7, 11) is 0. The lowest BCUT2D eigenvalue weighted by atomic mass is 9.70. The van der Waals surface area contributed by atoms with Crippen molar-refractivity contribution in [3.05, 3.63) is 0 Å². The summed E-state index contributed by atoms with van der Waals surface area (Å²) in [5.74, 6) is -2.56. The molecular weight excluding hydrogens is 274 g/mol. The van der Waals surface area contributed by atoms with Crippen molar-refractivity contribution in [2.45, 2.75) is 53.1 Å². The molecule has 1 saturated carbocycles. The maximum Gasteiger partial charge on any atom is 0.408 e. The highest BCUT2D eigenvalue weighted by atomic mass is 16.6. The SMILES string of the molecule is CC1(C)CC(=O)C(C(=O)CNC(=O)OC(C)(C)C)C(=O)C1. The van der Waals surface area contributed by atoms with Gasteiger partial charge < -0.3 is 10.1 Å². The van der Waals surface area contributed by atoms with Crippen molar-refractivity contribution in [1.82, 2.24) is 5.32 Å². The van der Waals surface area contributed by atoms with Gasteiger partial charge in [0.15, 0.2) is 17.3 Å². The fourth-order valence-electron chi connectivity index (χ4n) is 2.32. The smallest absolute Gasteiger partial charge is 0.408 e. The molecule has 0 aromatic rings. The zero-order valence-corrected chi connectivity index (χ0v) is 13.2. The van der Waals surface area contributed by atoms with Gasteiger partial charge in [-0.2, -0.15) is 0 Å². The number of rotatable bonds is 3. The molecule has 1 fully saturated rings. The van der Waals surface area contributed by atoms with Crippen LogP contribution in [0.5, 0.6) is 0 Å². The summed E-state index contributed by atoms with van der Waals surface area (Å²) >= 11 is 0. The second-order valence-corrected chi connectivity index (χ2v) is 7.21. The van der Waals surface area contributed by atoms with Gasteiger partial charge in [0, 0.05) is 12.8 Å². The van der Waals surface area contributed by atoms with Gasteiger partial charge in [0.25, 0.3) is 0 Å². The van der Waals surface area contributed by atoms with E-state index < -0.39 is 28.8 Å². The van der Waals surface area contributed by atoms with Crippen LogP contribution in [0.1, 0.15) is 47.5 Å². The van der Waals surface area contributed by atoms with Crippen LogP contribution in [0, 0.1) is 11.3 Å². The average Bonchev–Trinajstić information content (AvgIpc) is 2.20. The van der Waals surface area contributed by atoms with Crippen LogP contribution in [0.25, 0.3) is 0 Å². The van der Waals surface area contributed by atoms with Crippen molar-refractivity contribution in [2.24, 2.45) is 11.3 Å². The van der Waals surface area contributed by atoms with Crippen molar-refractivity contribution in [1.29, 1.82) is 0 Å². The Labute approximate surface area is 124 Å². The van der Waals surface area contributed by atoms with Gasteiger partial charge in [0.2, 0.25) is 0 Å². The third kappa shape index (κ3) is 5.28. The number of hydrogen-bond donors (Lipinski definition) is 1. The molecule has 0 aromatic heterocycles. The molecule has 1 rings (SSSR count). The molecule has 0 aliphatic heterocycles. The van der Waals surface area contributed by atoms with Crippen LogP contribution < -0.4 is 5.32 Å². The lowest BCUT2D eigenvalue weighted by Crippen LogP contribution is -2.46. The maximum atomic E-state index is 12.0. The number of ketones is 3. The predicted octanol–water partition coefficient (Wildman–Crippen LogP) is 1.65. The summed E-state index contributed by atoms with van der Waals surface area (Å²) in [6.45, 7) is 8.36. The molecule has 0 saturated heterocycles. The summed E-state index contributed by atoms with van der Waals surface area (Å²) in [4.78, 5) is 47.3. The van der Waals surface area contributed by atoms with Crippen LogP contribution in [0.4, 0.5) is 4.79 Å². The number of Topliss-reactive ketones (excluding diaryl/α,β-unsaturated/α-hetero) is 3. The van der Waals surface area contributed by atoms with Crippen LogP contribution in [0.2, 0.25) is 0 Å². The fourth-order valence-corrected chi connectivity index (χ4v) is 2.32. The molecule has 1 N–H and O–H groups in total. The highest BCUT2D eigenvalue weighted by molar-refractivity contribution is 6.21. The van der Waals surface area contributed by atoms with Gasteiger partial charge in [0.05, 0.1) is 6.54 Å². The second kappa shape index (κ2) is 5.95. The molecule has 0 radical (unpaired) electrons. The van der Waals surface area contributed by atoms with Gasteiger partial charge in [-0.1, -0.05) is 13.8 Å². The van der Waals surface area contributed by atoms with Crippen LogP contribution in [0.15, 0.2) is 0 Å². The van der Waals surface area contributed by atoms with E-state index in [4.69, 9.17) is 4.74 Å². The summed E-state index contributed by atoms with van der Waals surface area (Å²) in [6, 6.07) is 0. The Hall–Kier alpha value is -1.72. The summed E-state index contributed by atoms with van der Waals surface area (Å²) in [5, 5.41) is 2.28. The maximum absolute atomic E-state index is 12.0. The minimum Gasteiger partial charge on any atom is -0.444 e. The zero-order chi connectivity index (χ0) is 16.4. The lowest BCUT2D eigenvalue weighted by molar-refractivity contribution is -0.144. The van der Waals surface area contributed by atoms with Crippen LogP contribution in [-0.4, -0.2) is 35.6 Å². The van der Waals surface area contributed by atoms with Gasteiger partial charge in [-0.3, -0.25) is 14.4 Å². The third-order valence-corrected chi connectivity index (χ3v) is 3.08. The molecule has 6 heteroatoms. The van der Waals surface area contributed by atoms with Crippen LogP contribution >= 0.6 is 0 Å². The number of alkyl carbamates (subject to hydrolysis) is 1. The molecule has 0 heterocycles. The van der Waals surface area contributed by atoms with Gasteiger partial charge >= 0.3 is 6.09 Å². The summed E-state index contributed by atoms with van der Waals surface area (Å²) < 4.78 is 4.99. The van der Waals surface area contributed by atoms with Gasteiger partial charge in [-0.15, -0.1) is 0 Å². The number of carbonyl (C=O) groups is 4. The summed E-state index contributed by atoms with van der Waals surface area (Å²) in [6.07, 6.45) is -0.352. The molecule has 6 nitrogen and oxygen atoms in total. The molecule has 0 unspecified atom stereocenters. The van der Waals surface area contributed by atoms with Crippen LogP contribution in [-0.2, 0) is 19.1 Å². The Bertz CT molecular complexity index is 453. The number of ether oxygens (including phenoxy) is 1. The lowest BCUT2D eigenvalue weighted by Gasteiger charge is -2.31.